The summed E-state index contributed by atoms with van der Waals surface area (Å²) in [7, 11) is 1.56. The van der Waals surface area contributed by atoms with Crippen molar-refractivity contribution in [3.05, 3.63) is 59.4 Å². The van der Waals surface area contributed by atoms with Crippen LogP contribution in [0.25, 0.3) is 5.69 Å². The number of hydrogen-bond acceptors (Lipinski definition) is 4. The highest BCUT2D eigenvalue weighted by atomic mass is 35.5. The Morgan fingerprint density at radius 1 is 1.29 bits per heavy atom. The molecule has 0 spiro atoms. The minimum Gasteiger partial charge on any atom is -0.338 e. The fourth-order valence-corrected chi connectivity index (χ4v) is 3.69. The van der Waals surface area contributed by atoms with Crippen molar-refractivity contribution in [2.75, 3.05) is 12.8 Å². The van der Waals surface area contributed by atoms with Gasteiger partial charge in [0.1, 0.15) is 5.82 Å². The molecule has 148 valence electrons. The highest BCUT2D eigenvalue weighted by Gasteiger charge is 2.18. The largest absolute Gasteiger partial charge is 0.338 e. The lowest BCUT2D eigenvalue weighted by atomic mass is 10.2. The molecule has 0 unspecified atom stereocenters. The van der Waals surface area contributed by atoms with E-state index in [0.29, 0.717) is 10.2 Å². The van der Waals surface area contributed by atoms with Gasteiger partial charge in [0.25, 0.3) is 0 Å². The Hall–Kier alpha value is -2.39. The van der Waals surface area contributed by atoms with E-state index in [1.807, 2.05) is 29.7 Å². The lowest BCUT2D eigenvalue weighted by molar-refractivity contribution is -0.127. The molecule has 0 fully saturated rings. The van der Waals surface area contributed by atoms with Crippen molar-refractivity contribution in [2.24, 2.45) is 0 Å². The molecule has 0 atom stereocenters. The lowest BCUT2D eigenvalue weighted by Gasteiger charge is -2.17. The fraction of sp³-hybridized carbons (Fsp3) is 0.278. The molecule has 0 aliphatic heterocycles. The maximum Gasteiger partial charge on any atom is 0.319 e. The van der Waals surface area contributed by atoms with Crippen molar-refractivity contribution in [1.29, 1.82) is 0 Å². The number of rotatable bonds is 7. The van der Waals surface area contributed by atoms with Crippen molar-refractivity contribution in [3.63, 3.8) is 0 Å². The molecule has 28 heavy (non-hydrogen) atoms. The van der Waals surface area contributed by atoms with E-state index in [-0.39, 0.29) is 24.0 Å². The van der Waals surface area contributed by atoms with E-state index in [2.05, 4.69) is 9.97 Å². The summed E-state index contributed by atoms with van der Waals surface area (Å²) in [4.78, 5) is 22.0. The van der Waals surface area contributed by atoms with E-state index in [1.54, 1.807) is 19.4 Å². The Balaban J connectivity index is 1.66. The lowest BCUT2D eigenvalue weighted by Crippen LogP contribution is -2.29. The Labute approximate surface area is 170 Å². The van der Waals surface area contributed by atoms with Gasteiger partial charge < -0.3 is 4.90 Å². The summed E-state index contributed by atoms with van der Waals surface area (Å²) in [6.45, 7) is -0.779. The zero-order chi connectivity index (χ0) is 20.3. The van der Waals surface area contributed by atoms with Crippen LogP contribution >= 0.6 is 23.4 Å². The molecule has 2 aromatic heterocycles. The molecule has 3 rings (SSSR count). The van der Waals surface area contributed by atoms with Crippen molar-refractivity contribution in [2.45, 2.75) is 25.2 Å². The monoisotopic (exact) mass is 425 g/mol. The van der Waals surface area contributed by atoms with Gasteiger partial charge in [0.05, 0.1) is 18.0 Å². The number of benzene rings is 1. The second-order valence-corrected chi connectivity index (χ2v) is 7.38. The van der Waals surface area contributed by atoms with Gasteiger partial charge in [0.2, 0.25) is 5.91 Å². The first-order chi connectivity index (χ1) is 13.4. The first kappa shape index (κ1) is 20.3. The molecule has 1 aromatic carbocycles. The van der Waals surface area contributed by atoms with Gasteiger partial charge in [0.15, 0.2) is 5.16 Å². The maximum atomic E-state index is 12.9. The number of nitrogens with zero attached hydrogens (tertiary/aromatic N) is 5. The Kier molecular flexibility index (Phi) is 6.35. The molecule has 1 amide bonds. The van der Waals surface area contributed by atoms with Crippen LogP contribution in [0.5, 0.6) is 0 Å². The van der Waals surface area contributed by atoms with E-state index >= 15 is 0 Å². The van der Waals surface area contributed by atoms with Gasteiger partial charge in [-0.3, -0.25) is 13.9 Å². The normalized spacial score (nSPS) is 11.2. The number of carbonyl (C=O) groups excluding carboxylic acids is 1. The van der Waals surface area contributed by atoms with Gasteiger partial charge >= 0.3 is 6.55 Å². The minimum absolute atomic E-state index is 0.00141. The predicted molar refractivity (Wildman–Crippen MR) is 104 cm³/mol. The van der Waals surface area contributed by atoms with Gasteiger partial charge in [-0.15, -0.1) is 0 Å². The predicted octanol–water partition coefficient (Wildman–Crippen LogP) is 4.18. The van der Waals surface area contributed by atoms with Crippen molar-refractivity contribution in [3.8, 4) is 5.69 Å². The van der Waals surface area contributed by atoms with Crippen molar-refractivity contribution in [1.82, 2.24) is 24.0 Å². The highest BCUT2D eigenvalue weighted by Crippen LogP contribution is 2.26. The van der Waals surface area contributed by atoms with Crippen LogP contribution < -0.4 is 0 Å². The molecule has 2 heterocycles. The van der Waals surface area contributed by atoms with E-state index in [0.717, 1.165) is 15.8 Å². The van der Waals surface area contributed by atoms with Crippen LogP contribution in [0.3, 0.4) is 0 Å². The van der Waals surface area contributed by atoms with Crippen LogP contribution in [-0.2, 0) is 11.3 Å². The van der Waals surface area contributed by atoms with E-state index in [9.17, 15) is 13.6 Å². The van der Waals surface area contributed by atoms with Gasteiger partial charge in [-0.25, -0.2) is 9.97 Å². The number of halogens is 3. The number of aromatic nitrogens is 4. The molecular weight excluding hydrogens is 408 g/mol. The molecule has 0 aliphatic rings. The van der Waals surface area contributed by atoms with E-state index in [1.165, 1.54) is 29.1 Å². The van der Waals surface area contributed by atoms with Gasteiger partial charge in [0, 0.05) is 36.9 Å². The molecule has 0 saturated carbocycles. The first-order valence-corrected chi connectivity index (χ1v) is 9.70. The van der Waals surface area contributed by atoms with Crippen molar-refractivity contribution < 1.29 is 13.6 Å². The van der Waals surface area contributed by atoms with Crippen LogP contribution in [-0.4, -0.2) is 42.7 Å². The SMILES string of the molecule is Cc1c(Cl)cccc1-n1ccnc1SCC(=O)N(C)Cc1nccn1C(F)F. The van der Waals surface area contributed by atoms with E-state index in [4.69, 9.17) is 11.6 Å². The van der Waals surface area contributed by atoms with Gasteiger partial charge in [-0.05, 0) is 24.6 Å². The summed E-state index contributed by atoms with van der Waals surface area (Å²) in [5, 5.41) is 1.29. The number of imidazole rings is 2. The number of carbonyl (C=O) groups is 1. The first-order valence-electron chi connectivity index (χ1n) is 8.34. The average molecular weight is 426 g/mol. The molecule has 0 bridgehead atoms. The fourth-order valence-electron chi connectivity index (χ4n) is 2.62. The van der Waals surface area contributed by atoms with Crippen LogP contribution in [0, 0.1) is 6.92 Å². The molecular formula is C18H18ClF2N5OS. The minimum atomic E-state index is -2.69. The smallest absolute Gasteiger partial charge is 0.319 e. The average Bonchev–Trinajstić information content (AvgIpc) is 3.31. The summed E-state index contributed by atoms with van der Waals surface area (Å²) >= 11 is 7.46. The molecule has 0 N–H and O–H groups in total. The molecule has 3 aromatic rings. The third-order valence-electron chi connectivity index (χ3n) is 4.19. The number of alkyl halides is 2. The quantitative estimate of drug-likeness (QED) is 0.533. The van der Waals surface area contributed by atoms with Crippen molar-refractivity contribution >= 4 is 29.3 Å². The number of hydrogen-bond donors (Lipinski definition) is 0. The van der Waals surface area contributed by atoms with Crippen LogP contribution in [0.15, 0.2) is 48.1 Å². The van der Waals surface area contributed by atoms with Crippen LogP contribution in [0.1, 0.15) is 17.9 Å². The number of thioether (sulfide) groups is 1. The molecule has 0 radical (unpaired) electrons. The summed E-state index contributed by atoms with van der Waals surface area (Å²) in [5.74, 6) is 0.0285. The molecule has 10 heteroatoms. The van der Waals surface area contributed by atoms with Crippen LogP contribution in [0.4, 0.5) is 8.78 Å². The molecule has 6 nitrogen and oxygen atoms in total. The Morgan fingerprint density at radius 3 is 2.79 bits per heavy atom. The standard InChI is InChI=1S/C18H18ClF2N5OS/c1-12-13(19)4-3-5-14(12)25-8-7-23-18(25)28-11-16(27)24(2)10-15-22-6-9-26(15)17(20)21/h3-9,17H,10-11H2,1-2H3. The maximum absolute atomic E-state index is 12.9. The number of amides is 1. The zero-order valence-electron chi connectivity index (χ0n) is 15.2. The second-order valence-electron chi connectivity index (χ2n) is 6.03. The third-order valence-corrected chi connectivity index (χ3v) is 5.55. The van der Waals surface area contributed by atoms with Gasteiger partial charge in [-0.1, -0.05) is 29.4 Å². The molecule has 0 saturated heterocycles. The second kappa shape index (κ2) is 8.74. The topological polar surface area (TPSA) is 56.0 Å². The Bertz CT molecular complexity index is 975. The summed E-state index contributed by atoms with van der Waals surface area (Å²) in [6, 6.07) is 5.58. The summed E-state index contributed by atoms with van der Waals surface area (Å²) in [5.41, 5.74) is 1.79. The zero-order valence-corrected chi connectivity index (χ0v) is 16.8. The molecule has 0 aliphatic carbocycles. The summed E-state index contributed by atoms with van der Waals surface area (Å²) < 4.78 is 28.4. The Morgan fingerprint density at radius 2 is 2.04 bits per heavy atom. The third kappa shape index (κ3) is 4.36. The van der Waals surface area contributed by atoms with E-state index < -0.39 is 6.55 Å². The van der Waals surface area contributed by atoms with Crippen LogP contribution in [0.2, 0.25) is 5.02 Å². The van der Waals surface area contributed by atoms with Gasteiger partial charge in [-0.2, -0.15) is 8.78 Å². The summed E-state index contributed by atoms with van der Waals surface area (Å²) in [6.07, 6.45) is 5.93. The highest BCUT2D eigenvalue weighted by molar-refractivity contribution is 7.99.